The number of rotatable bonds is 8. The van der Waals surface area contributed by atoms with Crippen LogP contribution in [-0.4, -0.2) is 73.8 Å². The summed E-state index contributed by atoms with van der Waals surface area (Å²) in [6.07, 6.45) is 3.16. The van der Waals surface area contributed by atoms with Gasteiger partial charge in [-0.05, 0) is 55.9 Å². The number of amides is 1. The number of pyridine rings is 1. The van der Waals surface area contributed by atoms with Crippen LogP contribution in [0, 0.1) is 35.9 Å². The number of nitriles is 1. The summed E-state index contributed by atoms with van der Waals surface area (Å²) in [4.78, 5) is 30.5. The van der Waals surface area contributed by atoms with Gasteiger partial charge in [-0.15, -0.1) is 0 Å². The number of aromatic nitrogens is 4. The average Bonchev–Trinajstić information content (AvgIpc) is 3.95. The predicted octanol–water partition coefficient (Wildman–Crippen LogP) is 7.27. The summed E-state index contributed by atoms with van der Waals surface area (Å²) < 4.78 is 48.2. The number of aliphatic hydroxyl groups excluding tert-OH is 1. The van der Waals surface area contributed by atoms with E-state index in [-0.39, 0.29) is 63.7 Å². The SMILES string of the molecule is Cc1nc2c(F)c(-c3cccc(Cl)c3Cl)c(CCC#N)cc2c2c1cc([C@H]1[C@H]3C[C@H](CN(c4cc(C(C)(F)F)ncn4)C3)N1C(=O)CO)n2[C@H]1[C@H]2CN[C@@H]1C2. The van der Waals surface area contributed by atoms with E-state index in [2.05, 4.69) is 32.0 Å². The standard InChI is InChI=1S/C40H37Cl2F3N8O2/c1-19-25-12-29(38-22-9-23(52(38)32(55)17-54)16-51(15-22)31-13-30(40(2,44)45)48-18-49-31)53(37-21-11-28(37)47-14-21)39(25)26-10-20(5-4-8-46)33(35(43)36(26)50-19)24-6-3-7-27(41)34(24)42/h3,6-7,10,12-13,18,21-23,28,37-38,47,54H,4-5,9,11,14-17H2,1-2H3/t21-,22+,23-,28-,37+,38-/m1/s1. The van der Waals surface area contributed by atoms with Crippen LogP contribution < -0.4 is 10.2 Å². The Labute approximate surface area is 324 Å². The maximum Gasteiger partial charge on any atom is 0.287 e. The average molecular weight is 790 g/mol. The molecule has 1 saturated carbocycles. The first kappa shape index (κ1) is 36.2. The molecule has 4 aliphatic heterocycles. The molecule has 55 heavy (non-hydrogen) atoms. The number of aliphatic hydroxyl groups is 1. The third-order valence-corrected chi connectivity index (χ3v) is 13.0. The fourth-order valence-electron chi connectivity index (χ4n) is 9.84. The largest absolute Gasteiger partial charge is 0.387 e. The molecule has 6 atom stereocenters. The lowest BCUT2D eigenvalue weighted by atomic mass is 9.79. The number of aryl methyl sites for hydroxylation is 2. The second-order valence-electron chi connectivity index (χ2n) is 15.4. The lowest BCUT2D eigenvalue weighted by Gasteiger charge is -2.40. The topological polar surface area (TPSA) is 123 Å². The molecule has 0 unspecified atom stereocenters. The Morgan fingerprint density at radius 3 is 2.65 bits per heavy atom. The summed E-state index contributed by atoms with van der Waals surface area (Å²) in [5.74, 6) is -3.65. The van der Waals surface area contributed by atoms with E-state index in [1.54, 1.807) is 23.1 Å². The molecule has 7 heterocycles. The van der Waals surface area contributed by atoms with Gasteiger partial charge in [0.15, 0.2) is 5.82 Å². The number of hydrogen-bond donors (Lipinski definition) is 2. The molecule has 5 fully saturated rings. The van der Waals surface area contributed by atoms with Gasteiger partial charge in [-0.25, -0.2) is 19.3 Å². The van der Waals surface area contributed by atoms with Crippen molar-refractivity contribution in [1.82, 2.24) is 29.7 Å². The van der Waals surface area contributed by atoms with Crippen LogP contribution in [-0.2, 0) is 17.1 Å². The third kappa shape index (κ3) is 5.66. The molecular weight excluding hydrogens is 752 g/mol. The summed E-state index contributed by atoms with van der Waals surface area (Å²) in [5.41, 5.74) is 3.29. The van der Waals surface area contributed by atoms with E-state index in [0.29, 0.717) is 53.5 Å². The molecule has 5 aliphatic rings. The maximum absolute atomic E-state index is 17.2. The molecule has 10 nitrogen and oxygen atoms in total. The molecule has 3 aromatic heterocycles. The molecule has 4 bridgehead atoms. The first-order chi connectivity index (χ1) is 26.4. The fourth-order valence-corrected chi connectivity index (χ4v) is 10.2. The highest BCUT2D eigenvalue weighted by molar-refractivity contribution is 6.43. The summed E-state index contributed by atoms with van der Waals surface area (Å²) in [7, 11) is 0. The first-order valence-corrected chi connectivity index (χ1v) is 19.2. The lowest BCUT2D eigenvalue weighted by Crippen LogP contribution is -2.45. The first-order valence-electron chi connectivity index (χ1n) is 18.5. The summed E-state index contributed by atoms with van der Waals surface area (Å²) in [5, 5.41) is 25.5. The van der Waals surface area contributed by atoms with Gasteiger partial charge in [0, 0.05) is 84.3 Å². The zero-order chi connectivity index (χ0) is 38.5. The van der Waals surface area contributed by atoms with Crippen molar-refractivity contribution in [2.75, 3.05) is 31.1 Å². The maximum atomic E-state index is 17.2. The van der Waals surface area contributed by atoms with Crippen LogP contribution in [0.2, 0.25) is 10.0 Å². The molecule has 2 N–H and O–H groups in total. The minimum atomic E-state index is -3.16. The number of fused-ring (bicyclic) bond motifs is 6. The third-order valence-electron chi connectivity index (χ3n) is 12.2. The Hall–Kier alpha value is -4.48. The molecule has 5 aromatic rings. The number of alkyl halides is 2. The van der Waals surface area contributed by atoms with E-state index >= 15 is 4.39 Å². The van der Waals surface area contributed by atoms with Crippen molar-refractivity contribution in [3.8, 4) is 17.2 Å². The molecule has 284 valence electrons. The van der Waals surface area contributed by atoms with E-state index < -0.39 is 30.3 Å². The molecule has 15 heteroatoms. The van der Waals surface area contributed by atoms with E-state index in [9.17, 15) is 23.9 Å². The Bertz CT molecular complexity index is 2430. The molecule has 10 rings (SSSR count). The second kappa shape index (κ2) is 13.3. The van der Waals surface area contributed by atoms with Crippen molar-refractivity contribution in [1.29, 1.82) is 5.26 Å². The van der Waals surface area contributed by atoms with Crippen LogP contribution in [0.25, 0.3) is 32.9 Å². The van der Waals surface area contributed by atoms with Crippen molar-refractivity contribution in [3.63, 3.8) is 0 Å². The van der Waals surface area contributed by atoms with Gasteiger partial charge in [0.1, 0.15) is 30.0 Å². The number of carbonyl (C=O) groups excluding carboxylic acids is 1. The Kier molecular flexibility index (Phi) is 8.77. The molecule has 1 amide bonds. The molecular formula is C40H37Cl2F3N8O2. The zero-order valence-electron chi connectivity index (χ0n) is 30.0. The Morgan fingerprint density at radius 1 is 1.13 bits per heavy atom. The zero-order valence-corrected chi connectivity index (χ0v) is 31.6. The number of benzene rings is 2. The van der Waals surface area contributed by atoms with E-state index in [1.165, 1.54) is 6.07 Å². The summed E-state index contributed by atoms with van der Waals surface area (Å²) >= 11 is 13.1. The van der Waals surface area contributed by atoms with Crippen LogP contribution in [0.3, 0.4) is 0 Å². The number of piperidine rings is 1. The second-order valence-corrected chi connectivity index (χ2v) is 16.2. The fraction of sp³-hybridized carbons (Fsp3) is 0.425. The highest BCUT2D eigenvalue weighted by Crippen LogP contribution is 2.53. The number of halogens is 5. The van der Waals surface area contributed by atoms with Gasteiger partial charge in [-0.3, -0.25) is 4.79 Å². The molecule has 0 radical (unpaired) electrons. The van der Waals surface area contributed by atoms with Crippen LogP contribution >= 0.6 is 23.2 Å². The number of nitrogens with zero attached hydrogens (tertiary/aromatic N) is 7. The van der Waals surface area contributed by atoms with Crippen molar-refractivity contribution in [3.05, 3.63) is 81.2 Å². The van der Waals surface area contributed by atoms with Gasteiger partial charge < -0.3 is 24.8 Å². The van der Waals surface area contributed by atoms with Crippen LogP contribution in [0.5, 0.6) is 0 Å². The van der Waals surface area contributed by atoms with E-state index in [1.807, 2.05) is 17.9 Å². The van der Waals surface area contributed by atoms with Gasteiger partial charge >= 0.3 is 0 Å². The van der Waals surface area contributed by atoms with E-state index in [0.717, 1.165) is 42.8 Å². The van der Waals surface area contributed by atoms with Crippen LogP contribution in [0.15, 0.2) is 42.7 Å². The number of nitrogens with one attached hydrogen (secondary N) is 1. The smallest absolute Gasteiger partial charge is 0.287 e. The van der Waals surface area contributed by atoms with Gasteiger partial charge in [-0.1, -0.05) is 35.3 Å². The van der Waals surface area contributed by atoms with Gasteiger partial charge in [0.25, 0.3) is 5.92 Å². The van der Waals surface area contributed by atoms with Crippen molar-refractivity contribution >= 4 is 56.7 Å². The van der Waals surface area contributed by atoms with Crippen molar-refractivity contribution in [2.45, 2.75) is 69.6 Å². The van der Waals surface area contributed by atoms with Crippen LogP contribution in [0.4, 0.5) is 19.0 Å². The van der Waals surface area contributed by atoms with Crippen molar-refractivity contribution < 1.29 is 23.1 Å². The minimum absolute atomic E-state index is 0.00372. The number of likely N-dealkylation sites (tertiary alicyclic amines) is 1. The Balaban J connectivity index is 1.26. The Morgan fingerprint density at radius 2 is 1.95 bits per heavy atom. The molecule has 0 spiro atoms. The number of hydrogen-bond acceptors (Lipinski definition) is 8. The minimum Gasteiger partial charge on any atom is -0.387 e. The predicted molar refractivity (Wildman–Crippen MR) is 203 cm³/mol. The van der Waals surface area contributed by atoms with Gasteiger partial charge in [0.2, 0.25) is 5.91 Å². The molecule has 1 aliphatic carbocycles. The monoisotopic (exact) mass is 788 g/mol. The number of anilines is 1. The summed E-state index contributed by atoms with van der Waals surface area (Å²) in [6, 6.07) is 11.9. The highest BCUT2D eigenvalue weighted by Gasteiger charge is 2.53. The normalized spacial score (nSPS) is 24.5. The summed E-state index contributed by atoms with van der Waals surface area (Å²) in [6.45, 7) is 3.53. The molecule has 4 saturated heterocycles. The number of carbonyl (C=O) groups is 1. The van der Waals surface area contributed by atoms with Crippen LogP contribution in [0.1, 0.15) is 60.9 Å². The quantitative estimate of drug-likeness (QED) is 0.168. The molecule has 2 aromatic carbocycles. The van der Waals surface area contributed by atoms with Gasteiger partial charge in [0.05, 0.1) is 39.8 Å². The highest BCUT2D eigenvalue weighted by atomic mass is 35.5. The van der Waals surface area contributed by atoms with E-state index in [4.69, 9.17) is 28.2 Å². The van der Waals surface area contributed by atoms with Gasteiger partial charge in [-0.2, -0.15) is 14.0 Å². The lowest BCUT2D eigenvalue weighted by molar-refractivity contribution is -0.137. The van der Waals surface area contributed by atoms with Crippen molar-refractivity contribution in [2.24, 2.45) is 11.8 Å².